The zero-order chi connectivity index (χ0) is 22.9. The SMILES string of the molecule is COc1ccc(NC(=O)C=Cc2ccc(OCc3ccccc3C)c(OC)c2)cc1OC. The molecule has 166 valence electrons. The molecule has 6 heteroatoms. The Hall–Kier alpha value is -3.93. The molecule has 1 N–H and O–H groups in total. The van der Waals surface area contributed by atoms with E-state index in [2.05, 4.69) is 18.3 Å². The minimum atomic E-state index is -0.268. The van der Waals surface area contributed by atoms with Crippen LogP contribution in [0, 0.1) is 6.92 Å². The van der Waals surface area contributed by atoms with Gasteiger partial charge in [0, 0.05) is 17.8 Å². The van der Waals surface area contributed by atoms with E-state index in [0.29, 0.717) is 35.3 Å². The fourth-order valence-electron chi connectivity index (χ4n) is 3.10. The molecule has 0 saturated heterocycles. The second-order valence-electron chi connectivity index (χ2n) is 7.02. The van der Waals surface area contributed by atoms with Crippen LogP contribution in [-0.4, -0.2) is 27.2 Å². The van der Waals surface area contributed by atoms with Gasteiger partial charge in [-0.15, -0.1) is 0 Å². The van der Waals surface area contributed by atoms with Crippen molar-refractivity contribution in [2.75, 3.05) is 26.6 Å². The summed E-state index contributed by atoms with van der Waals surface area (Å²) in [7, 11) is 4.70. The summed E-state index contributed by atoms with van der Waals surface area (Å²) in [4.78, 5) is 12.3. The van der Waals surface area contributed by atoms with E-state index in [9.17, 15) is 4.79 Å². The molecule has 0 aliphatic rings. The first-order valence-electron chi connectivity index (χ1n) is 10.1. The third-order valence-electron chi connectivity index (χ3n) is 4.91. The summed E-state index contributed by atoms with van der Waals surface area (Å²) < 4.78 is 21.9. The van der Waals surface area contributed by atoms with Gasteiger partial charge in [-0.3, -0.25) is 4.79 Å². The molecule has 0 unspecified atom stereocenters. The number of anilines is 1. The van der Waals surface area contributed by atoms with Gasteiger partial charge in [0.05, 0.1) is 21.3 Å². The maximum Gasteiger partial charge on any atom is 0.248 e. The van der Waals surface area contributed by atoms with Crippen LogP contribution < -0.4 is 24.3 Å². The average Bonchev–Trinajstić information content (AvgIpc) is 2.82. The van der Waals surface area contributed by atoms with E-state index >= 15 is 0 Å². The molecular formula is C26H27NO5. The lowest BCUT2D eigenvalue weighted by molar-refractivity contribution is -0.111. The van der Waals surface area contributed by atoms with Gasteiger partial charge in [0.2, 0.25) is 5.91 Å². The lowest BCUT2D eigenvalue weighted by atomic mass is 10.1. The van der Waals surface area contributed by atoms with Crippen molar-refractivity contribution < 1.29 is 23.7 Å². The lowest BCUT2D eigenvalue weighted by Crippen LogP contribution is -2.08. The lowest BCUT2D eigenvalue weighted by Gasteiger charge is -2.12. The molecule has 6 nitrogen and oxygen atoms in total. The van der Waals surface area contributed by atoms with Gasteiger partial charge in [0.1, 0.15) is 6.61 Å². The molecule has 0 spiro atoms. The second kappa shape index (κ2) is 10.9. The van der Waals surface area contributed by atoms with Crippen molar-refractivity contribution >= 4 is 17.7 Å². The highest BCUT2D eigenvalue weighted by molar-refractivity contribution is 6.02. The first kappa shape index (κ1) is 22.7. The van der Waals surface area contributed by atoms with Crippen LogP contribution in [0.4, 0.5) is 5.69 Å². The maximum atomic E-state index is 12.3. The van der Waals surface area contributed by atoms with Crippen molar-refractivity contribution in [2.24, 2.45) is 0 Å². The van der Waals surface area contributed by atoms with E-state index < -0.39 is 0 Å². The Kier molecular flexibility index (Phi) is 7.75. The van der Waals surface area contributed by atoms with Gasteiger partial charge in [0.25, 0.3) is 0 Å². The minimum absolute atomic E-state index is 0.268. The molecule has 3 rings (SSSR count). The van der Waals surface area contributed by atoms with Gasteiger partial charge >= 0.3 is 0 Å². The molecule has 3 aromatic carbocycles. The van der Waals surface area contributed by atoms with E-state index in [1.807, 2.05) is 36.4 Å². The van der Waals surface area contributed by atoms with E-state index in [0.717, 1.165) is 11.1 Å². The summed E-state index contributed by atoms with van der Waals surface area (Å²) in [6, 6.07) is 18.8. The second-order valence-corrected chi connectivity index (χ2v) is 7.02. The summed E-state index contributed by atoms with van der Waals surface area (Å²) in [5.41, 5.74) is 3.71. The molecule has 0 bridgehead atoms. The predicted molar refractivity (Wildman–Crippen MR) is 126 cm³/mol. The van der Waals surface area contributed by atoms with Gasteiger partial charge in [-0.1, -0.05) is 30.3 Å². The smallest absolute Gasteiger partial charge is 0.248 e. The van der Waals surface area contributed by atoms with Crippen LogP contribution in [0.2, 0.25) is 0 Å². The third-order valence-corrected chi connectivity index (χ3v) is 4.91. The van der Waals surface area contributed by atoms with E-state index in [1.54, 1.807) is 45.6 Å². The zero-order valence-electron chi connectivity index (χ0n) is 18.7. The largest absolute Gasteiger partial charge is 0.493 e. The molecule has 3 aromatic rings. The van der Waals surface area contributed by atoms with Crippen LogP contribution in [0.15, 0.2) is 66.7 Å². The summed E-state index contributed by atoms with van der Waals surface area (Å²) in [6.45, 7) is 2.50. The van der Waals surface area contributed by atoms with Crippen LogP contribution in [0.25, 0.3) is 6.08 Å². The fraction of sp³-hybridized carbons (Fsp3) is 0.192. The molecule has 0 fully saturated rings. The fourth-order valence-corrected chi connectivity index (χ4v) is 3.10. The topological polar surface area (TPSA) is 66.0 Å². The maximum absolute atomic E-state index is 12.3. The monoisotopic (exact) mass is 433 g/mol. The number of hydrogen-bond acceptors (Lipinski definition) is 5. The number of hydrogen-bond donors (Lipinski definition) is 1. The van der Waals surface area contributed by atoms with Gasteiger partial charge in [-0.05, 0) is 54.0 Å². The first-order valence-corrected chi connectivity index (χ1v) is 10.1. The van der Waals surface area contributed by atoms with E-state index in [4.69, 9.17) is 18.9 Å². The Bertz CT molecular complexity index is 1110. The number of nitrogens with one attached hydrogen (secondary N) is 1. The van der Waals surface area contributed by atoms with Gasteiger partial charge in [-0.25, -0.2) is 0 Å². The summed E-state index contributed by atoms with van der Waals surface area (Å²) in [6.07, 6.45) is 3.17. The molecule has 0 radical (unpaired) electrons. The van der Waals surface area contributed by atoms with E-state index in [1.165, 1.54) is 11.6 Å². The number of ether oxygens (including phenoxy) is 4. The Labute approximate surface area is 188 Å². The molecule has 1 amide bonds. The number of carbonyl (C=O) groups is 1. The third kappa shape index (κ3) is 5.82. The highest BCUT2D eigenvalue weighted by Crippen LogP contribution is 2.31. The van der Waals surface area contributed by atoms with Crippen molar-refractivity contribution in [3.63, 3.8) is 0 Å². The van der Waals surface area contributed by atoms with Crippen molar-refractivity contribution in [1.82, 2.24) is 0 Å². The number of carbonyl (C=O) groups excluding carboxylic acids is 1. The normalized spacial score (nSPS) is 10.6. The van der Waals surface area contributed by atoms with Crippen LogP contribution in [-0.2, 0) is 11.4 Å². The van der Waals surface area contributed by atoms with Crippen molar-refractivity contribution in [3.05, 3.63) is 83.4 Å². The number of methoxy groups -OCH3 is 3. The zero-order valence-corrected chi connectivity index (χ0v) is 18.7. The number of aryl methyl sites for hydroxylation is 1. The van der Waals surface area contributed by atoms with Crippen LogP contribution in [0.1, 0.15) is 16.7 Å². The molecule has 0 saturated carbocycles. The van der Waals surface area contributed by atoms with Crippen molar-refractivity contribution in [2.45, 2.75) is 13.5 Å². The number of benzene rings is 3. The number of amides is 1. The molecule has 0 aliphatic carbocycles. The standard InChI is InChI=1S/C26H27NO5/c1-18-7-5-6-8-20(18)17-32-23-12-9-19(15-24(23)30-3)10-14-26(28)27-21-11-13-22(29-2)25(16-21)31-4/h5-16H,17H2,1-4H3,(H,27,28). The van der Waals surface area contributed by atoms with Crippen LogP contribution in [0.5, 0.6) is 23.0 Å². The average molecular weight is 434 g/mol. The van der Waals surface area contributed by atoms with Gasteiger partial charge < -0.3 is 24.3 Å². The molecule has 0 aliphatic heterocycles. The summed E-state index contributed by atoms with van der Waals surface area (Å²) in [5.74, 6) is 2.11. The van der Waals surface area contributed by atoms with Gasteiger partial charge in [0.15, 0.2) is 23.0 Å². The quantitative estimate of drug-likeness (QED) is 0.467. The predicted octanol–water partition coefficient (Wildman–Crippen LogP) is 5.25. The Balaban J connectivity index is 1.65. The van der Waals surface area contributed by atoms with Crippen LogP contribution in [0.3, 0.4) is 0 Å². The summed E-state index contributed by atoms with van der Waals surface area (Å²) in [5, 5.41) is 2.80. The molecule has 0 aromatic heterocycles. The summed E-state index contributed by atoms with van der Waals surface area (Å²) >= 11 is 0. The molecule has 0 atom stereocenters. The highest BCUT2D eigenvalue weighted by atomic mass is 16.5. The molecule has 32 heavy (non-hydrogen) atoms. The first-order chi connectivity index (χ1) is 15.5. The Morgan fingerprint density at radius 1 is 0.844 bits per heavy atom. The Morgan fingerprint density at radius 3 is 2.25 bits per heavy atom. The molecular weight excluding hydrogens is 406 g/mol. The number of rotatable bonds is 9. The van der Waals surface area contributed by atoms with E-state index in [-0.39, 0.29) is 5.91 Å². The van der Waals surface area contributed by atoms with Gasteiger partial charge in [-0.2, -0.15) is 0 Å². The minimum Gasteiger partial charge on any atom is -0.493 e. The van der Waals surface area contributed by atoms with Crippen molar-refractivity contribution in [3.8, 4) is 23.0 Å². The Morgan fingerprint density at radius 2 is 1.53 bits per heavy atom. The van der Waals surface area contributed by atoms with Crippen molar-refractivity contribution in [1.29, 1.82) is 0 Å². The highest BCUT2D eigenvalue weighted by Gasteiger charge is 2.08. The molecule has 0 heterocycles. The van der Waals surface area contributed by atoms with Crippen LogP contribution >= 0.6 is 0 Å².